The Labute approximate surface area is 117 Å². The summed E-state index contributed by atoms with van der Waals surface area (Å²) in [5.74, 6) is 0.283. The highest BCUT2D eigenvalue weighted by Crippen LogP contribution is 2.30. The van der Waals surface area contributed by atoms with Crippen molar-refractivity contribution in [3.8, 4) is 0 Å². The minimum Gasteiger partial charge on any atom is -0.399 e. The van der Waals surface area contributed by atoms with Crippen molar-refractivity contribution < 1.29 is 13.2 Å². The van der Waals surface area contributed by atoms with E-state index in [-0.39, 0.29) is 11.3 Å². The summed E-state index contributed by atoms with van der Waals surface area (Å²) in [5.41, 5.74) is 6.11. The molecule has 0 aliphatic heterocycles. The Morgan fingerprint density at radius 1 is 1.14 bits per heavy atom. The second-order valence-corrected chi connectivity index (χ2v) is 4.38. The number of nitrogen functional groups attached to an aromatic ring is 1. The van der Waals surface area contributed by atoms with Crippen LogP contribution in [-0.2, 0) is 6.18 Å². The van der Waals surface area contributed by atoms with E-state index < -0.39 is 11.9 Å². The van der Waals surface area contributed by atoms with Gasteiger partial charge in [0, 0.05) is 29.8 Å². The van der Waals surface area contributed by atoms with Crippen LogP contribution in [0.2, 0.25) is 0 Å². The normalized spacial score (nSPS) is 11.8. The zero-order chi connectivity index (χ0) is 15.0. The number of hydrogen-bond acceptors (Lipinski definition) is 4. The average molecular weight is 293 g/mol. The third kappa shape index (κ3) is 2.60. The molecule has 0 saturated carbocycles. The third-order valence-electron chi connectivity index (χ3n) is 2.85. The van der Waals surface area contributed by atoms with Crippen molar-refractivity contribution in [2.24, 2.45) is 0 Å². The van der Waals surface area contributed by atoms with Gasteiger partial charge in [0.15, 0.2) is 11.5 Å². The van der Waals surface area contributed by atoms with Crippen molar-refractivity contribution in [3.63, 3.8) is 0 Å². The van der Waals surface area contributed by atoms with E-state index in [2.05, 4.69) is 15.4 Å². The fourth-order valence-corrected chi connectivity index (χ4v) is 1.86. The SMILES string of the molecule is Nc1ccc(Nc2nccn3nc(C(F)(F)F)cc23)cc1. The number of halogens is 3. The van der Waals surface area contributed by atoms with Gasteiger partial charge in [0.05, 0.1) is 0 Å². The van der Waals surface area contributed by atoms with Gasteiger partial charge >= 0.3 is 6.18 Å². The first kappa shape index (κ1) is 13.2. The van der Waals surface area contributed by atoms with Gasteiger partial charge in [0.25, 0.3) is 0 Å². The Kier molecular flexibility index (Phi) is 2.93. The lowest BCUT2D eigenvalue weighted by atomic mass is 10.3. The molecule has 0 bridgehead atoms. The van der Waals surface area contributed by atoms with Crippen LogP contribution in [0, 0.1) is 0 Å². The maximum Gasteiger partial charge on any atom is 0.435 e. The quantitative estimate of drug-likeness (QED) is 0.712. The average Bonchev–Trinajstić information content (AvgIpc) is 2.86. The van der Waals surface area contributed by atoms with Crippen LogP contribution in [0.5, 0.6) is 0 Å². The first-order valence-corrected chi connectivity index (χ1v) is 5.97. The molecule has 0 unspecified atom stereocenters. The predicted molar refractivity (Wildman–Crippen MR) is 72.1 cm³/mol. The summed E-state index contributed by atoms with van der Waals surface area (Å²) >= 11 is 0. The van der Waals surface area contributed by atoms with Crippen LogP contribution < -0.4 is 11.1 Å². The zero-order valence-corrected chi connectivity index (χ0v) is 10.6. The summed E-state index contributed by atoms with van der Waals surface area (Å²) in [6, 6.07) is 7.73. The molecule has 0 amide bonds. The van der Waals surface area contributed by atoms with Gasteiger partial charge in [-0.05, 0) is 24.3 Å². The first-order valence-electron chi connectivity index (χ1n) is 5.97. The first-order chi connectivity index (χ1) is 9.93. The molecule has 0 saturated heterocycles. The molecule has 2 heterocycles. The molecule has 0 radical (unpaired) electrons. The number of aromatic nitrogens is 3. The Morgan fingerprint density at radius 2 is 1.86 bits per heavy atom. The van der Waals surface area contributed by atoms with Crippen LogP contribution in [0.3, 0.4) is 0 Å². The maximum atomic E-state index is 12.7. The van der Waals surface area contributed by atoms with E-state index in [9.17, 15) is 13.2 Å². The molecule has 0 spiro atoms. The molecule has 21 heavy (non-hydrogen) atoms. The molecule has 108 valence electrons. The molecule has 8 heteroatoms. The predicted octanol–water partition coefficient (Wildman–Crippen LogP) is 3.07. The molecular formula is C13H10F3N5. The number of benzene rings is 1. The molecule has 0 fully saturated rings. The van der Waals surface area contributed by atoms with Crippen LogP contribution in [0.25, 0.3) is 5.52 Å². The monoisotopic (exact) mass is 293 g/mol. The second-order valence-electron chi connectivity index (χ2n) is 4.38. The van der Waals surface area contributed by atoms with Gasteiger partial charge in [-0.15, -0.1) is 0 Å². The van der Waals surface area contributed by atoms with Gasteiger partial charge in [0.1, 0.15) is 5.52 Å². The fraction of sp³-hybridized carbons (Fsp3) is 0.0769. The highest BCUT2D eigenvalue weighted by atomic mass is 19.4. The Balaban J connectivity index is 2.02. The van der Waals surface area contributed by atoms with E-state index >= 15 is 0 Å². The van der Waals surface area contributed by atoms with E-state index in [1.807, 2.05) is 0 Å². The topological polar surface area (TPSA) is 68.2 Å². The molecular weight excluding hydrogens is 283 g/mol. The van der Waals surface area contributed by atoms with Gasteiger partial charge in [-0.25, -0.2) is 9.50 Å². The van der Waals surface area contributed by atoms with Crippen LogP contribution in [0.4, 0.5) is 30.4 Å². The molecule has 0 aliphatic carbocycles. The minimum absolute atomic E-state index is 0.238. The highest BCUT2D eigenvalue weighted by Gasteiger charge is 2.34. The number of hydrogen-bond donors (Lipinski definition) is 2. The Hall–Kier alpha value is -2.77. The lowest BCUT2D eigenvalue weighted by Gasteiger charge is -2.06. The van der Waals surface area contributed by atoms with E-state index in [0.717, 1.165) is 10.6 Å². The van der Waals surface area contributed by atoms with E-state index in [0.29, 0.717) is 11.4 Å². The number of nitrogens with zero attached hydrogens (tertiary/aromatic N) is 3. The summed E-state index contributed by atoms with van der Waals surface area (Å²) in [6.45, 7) is 0. The van der Waals surface area contributed by atoms with Crippen molar-refractivity contribution in [1.29, 1.82) is 0 Å². The summed E-state index contributed by atoms with van der Waals surface area (Å²) in [7, 11) is 0. The zero-order valence-electron chi connectivity index (χ0n) is 10.6. The Morgan fingerprint density at radius 3 is 2.52 bits per heavy atom. The molecule has 2 aromatic heterocycles. The van der Waals surface area contributed by atoms with Crippen molar-refractivity contribution in [2.45, 2.75) is 6.18 Å². The van der Waals surface area contributed by atoms with Gasteiger partial charge < -0.3 is 11.1 Å². The molecule has 0 atom stereocenters. The fourth-order valence-electron chi connectivity index (χ4n) is 1.86. The number of anilines is 3. The highest BCUT2D eigenvalue weighted by molar-refractivity contribution is 5.73. The third-order valence-corrected chi connectivity index (χ3v) is 2.85. The number of alkyl halides is 3. The van der Waals surface area contributed by atoms with Crippen molar-refractivity contribution in [3.05, 3.63) is 48.4 Å². The van der Waals surface area contributed by atoms with Crippen molar-refractivity contribution in [2.75, 3.05) is 11.1 Å². The van der Waals surface area contributed by atoms with Crippen LogP contribution in [-0.4, -0.2) is 14.6 Å². The number of nitrogens with two attached hydrogens (primary N) is 1. The van der Waals surface area contributed by atoms with Gasteiger partial charge in [-0.3, -0.25) is 0 Å². The van der Waals surface area contributed by atoms with E-state index in [1.165, 1.54) is 12.4 Å². The second kappa shape index (κ2) is 4.65. The van der Waals surface area contributed by atoms with E-state index in [4.69, 9.17) is 5.73 Å². The largest absolute Gasteiger partial charge is 0.435 e. The van der Waals surface area contributed by atoms with Gasteiger partial charge in [-0.2, -0.15) is 18.3 Å². The lowest BCUT2D eigenvalue weighted by Crippen LogP contribution is -2.05. The number of rotatable bonds is 2. The lowest BCUT2D eigenvalue weighted by molar-refractivity contribution is -0.141. The Bertz CT molecular complexity index is 777. The number of fused-ring (bicyclic) bond motifs is 1. The molecule has 0 aliphatic rings. The smallest absolute Gasteiger partial charge is 0.399 e. The molecule has 1 aromatic carbocycles. The van der Waals surface area contributed by atoms with Crippen LogP contribution in [0.1, 0.15) is 5.69 Å². The van der Waals surface area contributed by atoms with Crippen molar-refractivity contribution in [1.82, 2.24) is 14.6 Å². The summed E-state index contributed by atoms with van der Waals surface area (Å²) in [5, 5.41) is 6.44. The van der Waals surface area contributed by atoms with Crippen LogP contribution >= 0.6 is 0 Å². The minimum atomic E-state index is -4.50. The van der Waals surface area contributed by atoms with Crippen LogP contribution in [0.15, 0.2) is 42.7 Å². The molecule has 5 nitrogen and oxygen atoms in total. The summed E-state index contributed by atoms with van der Waals surface area (Å²) < 4.78 is 39.2. The molecule has 3 N–H and O–H groups in total. The van der Waals surface area contributed by atoms with Gasteiger partial charge in [0.2, 0.25) is 0 Å². The van der Waals surface area contributed by atoms with Crippen molar-refractivity contribution >= 4 is 22.7 Å². The standard InChI is InChI=1S/C13H10F3N5/c14-13(15,16)11-7-10-12(18-5-6-21(10)20-11)19-9-3-1-8(17)2-4-9/h1-7H,17H2,(H,18,19). The maximum absolute atomic E-state index is 12.7. The van der Waals surface area contributed by atoms with E-state index in [1.54, 1.807) is 24.3 Å². The molecule has 3 rings (SSSR count). The molecule has 3 aromatic rings. The summed E-state index contributed by atoms with van der Waals surface area (Å²) in [4.78, 5) is 4.05. The summed E-state index contributed by atoms with van der Waals surface area (Å²) in [6.07, 6.45) is -1.76. The van der Waals surface area contributed by atoms with Gasteiger partial charge in [-0.1, -0.05) is 0 Å². The number of nitrogens with one attached hydrogen (secondary N) is 1.